The minimum Gasteiger partial charge on any atom is -0.416 e. The van der Waals surface area contributed by atoms with Crippen molar-refractivity contribution in [3.05, 3.63) is 65.2 Å². The lowest BCUT2D eigenvalue weighted by atomic mass is 9.87. The van der Waals surface area contributed by atoms with Crippen LogP contribution in [0.3, 0.4) is 0 Å². The molecule has 0 aliphatic rings. The molecule has 32 heavy (non-hydrogen) atoms. The fraction of sp³-hybridized carbons (Fsp3) is 0.586. The van der Waals surface area contributed by atoms with Gasteiger partial charge in [-0.3, -0.25) is 0 Å². The van der Waals surface area contributed by atoms with Gasteiger partial charge in [0, 0.05) is 11.5 Å². The van der Waals surface area contributed by atoms with Crippen LogP contribution in [0.25, 0.3) is 0 Å². The lowest BCUT2D eigenvalue weighted by molar-refractivity contribution is 0.284. The van der Waals surface area contributed by atoms with Gasteiger partial charge in [-0.15, -0.1) is 11.8 Å². The lowest BCUT2D eigenvalue weighted by Gasteiger charge is -2.39. The first-order valence-corrected chi connectivity index (χ1v) is 16.3. The number of benzene rings is 2. The van der Waals surface area contributed by atoms with Gasteiger partial charge in [-0.1, -0.05) is 84.4 Å². The smallest absolute Gasteiger partial charge is 0.192 e. The Morgan fingerprint density at radius 2 is 1.38 bits per heavy atom. The van der Waals surface area contributed by atoms with Gasteiger partial charge in [-0.05, 0) is 83.8 Å². The van der Waals surface area contributed by atoms with Crippen LogP contribution in [0.5, 0.6) is 0 Å². The summed E-state index contributed by atoms with van der Waals surface area (Å²) in [4.78, 5) is 1.38. The van der Waals surface area contributed by atoms with E-state index in [-0.39, 0.29) is 5.41 Å². The van der Waals surface area contributed by atoms with Crippen LogP contribution in [-0.4, -0.2) is 20.7 Å². The summed E-state index contributed by atoms with van der Waals surface area (Å²) in [5.41, 5.74) is 4.46. The highest BCUT2D eigenvalue weighted by Gasteiger charge is 2.39. The van der Waals surface area contributed by atoms with Crippen molar-refractivity contribution in [3.63, 3.8) is 0 Å². The van der Waals surface area contributed by atoms with Gasteiger partial charge in [0.2, 0.25) is 0 Å². The quantitative estimate of drug-likeness (QED) is 0.174. The van der Waals surface area contributed by atoms with E-state index in [0.717, 1.165) is 25.2 Å². The fourth-order valence-corrected chi connectivity index (χ4v) is 6.64. The van der Waals surface area contributed by atoms with Crippen LogP contribution in [0.15, 0.2) is 53.4 Å². The van der Waals surface area contributed by atoms with Gasteiger partial charge in [0.15, 0.2) is 8.32 Å². The Bertz CT molecular complexity index is 801. The Balaban J connectivity index is 1.72. The Morgan fingerprint density at radius 3 is 1.91 bits per heavy atom. The molecule has 2 rings (SSSR count). The second-order valence-corrected chi connectivity index (χ2v) is 17.1. The normalized spacial score (nSPS) is 12.9. The minimum absolute atomic E-state index is 0.227. The zero-order chi connectivity index (χ0) is 23.8. The van der Waals surface area contributed by atoms with E-state index in [4.69, 9.17) is 4.43 Å². The maximum atomic E-state index is 6.46. The van der Waals surface area contributed by atoms with E-state index in [0.29, 0.717) is 5.04 Å². The zero-order valence-electron chi connectivity index (χ0n) is 21.9. The van der Waals surface area contributed by atoms with Crippen molar-refractivity contribution in [1.82, 2.24) is 0 Å². The van der Waals surface area contributed by atoms with Crippen molar-refractivity contribution in [3.8, 4) is 0 Å². The Hall–Kier alpha value is -1.03. The topological polar surface area (TPSA) is 9.23 Å². The molecule has 0 heterocycles. The van der Waals surface area contributed by atoms with Gasteiger partial charge in [-0.25, -0.2) is 0 Å². The molecule has 0 aliphatic carbocycles. The summed E-state index contributed by atoms with van der Waals surface area (Å²) in [5.74, 6) is 1.16. The van der Waals surface area contributed by atoms with Gasteiger partial charge >= 0.3 is 0 Å². The van der Waals surface area contributed by atoms with Crippen LogP contribution >= 0.6 is 11.8 Å². The van der Waals surface area contributed by atoms with Crippen molar-refractivity contribution in [2.45, 2.75) is 102 Å². The van der Waals surface area contributed by atoms with E-state index in [1.165, 1.54) is 40.8 Å². The minimum atomic E-state index is -1.68. The van der Waals surface area contributed by atoms with Crippen molar-refractivity contribution in [1.29, 1.82) is 0 Å². The van der Waals surface area contributed by atoms with Crippen LogP contribution in [0.4, 0.5) is 0 Å². The van der Waals surface area contributed by atoms with Gasteiger partial charge < -0.3 is 4.43 Å². The molecule has 0 unspecified atom stereocenters. The van der Waals surface area contributed by atoms with E-state index in [1.807, 2.05) is 11.8 Å². The monoisotopic (exact) mass is 470 g/mol. The SMILES string of the molecule is CCCC(C)(C)[Si](C)(C)OCCc1ccc(CCCSc2ccc(C(C)(C)C)cc2)cc1. The van der Waals surface area contributed by atoms with Crippen molar-refractivity contribution in [2.75, 3.05) is 12.4 Å². The van der Waals surface area contributed by atoms with Gasteiger partial charge in [0.25, 0.3) is 0 Å². The molecule has 2 aromatic rings. The number of rotatable bonds is 12. The molecule has 0 fully saturated rings. The average molecular weight is 471 g/mol. The van der Waals surface area contributed by atoms with Crippen molar-refractivity contribution >= 4 is 20.1 Å². The highest BCUT2D eigenvalue weighted by atomic mass is 32.2. The first-order valence-electron chi connectivity index (χ1n) is 12.4. The zero-order valence-corrected chi connectivity index (χ0v) is 23.7. The van der Waals surface area contributed by atoms with Gasteiger partial charge in [0.1, 0.15) is 0 Å². The first kappa shape index (κ1) is 27.2. The fourth-order valence-electron chi connectivity index (χ4n) is 3.94. The maximum Gasteiger partial charge on any atom is 0.192 e. The third-order valence-electron chi connectivity index (χ3n) is 6.98. The Morgan fingerprint density at radius 1 is 0.812 bits per heavy atom. The summed E-state index contributed by atoms with van der Waals surface area (Å²) in [6.45, 7) is 19.4. The molecule has 0 atom stereocenters. The average Bonchev–Trinajstić information content (AvgIpc) is 2.72. The molecule has 0 aromatic heterocycles. The van der Waals surface area contributed by atoms with E-state index in [9.17, 15) is 0 Å². The second kappa shape index (κ2) is 11.9. The molecule has 0 N–H and O–H groups in total. The second-order valence-electron chi connectivity index (χ2n) is 11.3. The third-order valence-corrected chi connectivity index (χ3v) is 12.5. The number of aryl methyl sites for hydroxylation is 1. The molecule has 0 amide bonds. The van der Waals surface area contributed by atoms with Crippen molar-refractivity contribution in [2.24, 2.45) is 0 Å². The predicted molar refractivity (Wildman–Crippen MR) is 147 cm³/mol. The maximum absolute atomic E-state index is 6.46. The predicted octanol–water partition coefficient (Wildman–Crippen LogP) is 9.05. The number of thioether (sulfide) groups is 1. The largest absolute Gasteiger partial charge is 0.416 e. The molecule has 178 valence electrons. The lowest BCUT2D eigenvalue weighted by Crippen LogP contribution is -2.42. The summed E-state index contributed by atoms with van der Waals surface area (Å²) in [5, 5.41) is 0.332. The number of hydrogen-bond acceptors (Lipinski definition) is 2. The Labute approximate surface area is 203 Å². The third kappa shape index (κ3) is 8.39. The summed E-state index contributed by atoms with van der Waals surface area (Å²) in [6.07, 6.45) is 5.85. The molecule has 0 saturated heterocycles. The summed E-state index contributed by atoms with van der Waals surface area (Å²) < 4.78 is 6.46. The summed E-state index contributed by atoms with van der Waals surface area (Å²) in [7, 11) is -1.68. The van der Waals surface area contributed by atoms with Gasteiger partial charge in [0.05, 0.1) is 0 Å². The Kier molecular flexibility index (Phi) is 10.1. The molecular weight excluding hydrogens is 424 g/mol. The molecule has 0 bridgehead atoms. The van der Waals surface area contributed by atoms with Crippen LogP contribution in [0, 0.1) is 0 Å². The molecule has 2 aromatic carbocycles. The molecule has 0 radical (unpaired) electrons. The van der Waals surface area contributed by atoms with Crippen molar-refractivity contribution < 1.29 is 4.43 Å². The molecule has 0 aliphatic heterocycles. The molecule has 1 nitrogen and oxygen atoms in total. The van der Waals surface area contributed by atoms with E-state index in [2.05, 4.69) is 103 Å². The highest BCUT2D eigenvalue weighted by Crippen LogP contribution is 2.42. The van der Waals surface area contributed by atoms with Crippen LogP contribution < -0.4 is 0 Å². The van der Waals surface area contributed by atoms with Crippen LogP contribution in [-0.2, 0) is 22.7 Å². The molecular formula is C29H46OSSi. The number of hydrogen-bond donors (Lipinski definition) is 0. The molecule has 0 spiro atoms. The van der Waals surface area contributed by atoms with E-state index >= 15 is 0 Å². The van der Waals surface area contributed by atoms with E-state index < -0.39 is 8.32 Å². The molecule has 3 heteroatoms. The highest BCUT2D eigenvalue weighted by molar-refractivity contribution is 7.99. The van der Waals surface area contributed by atoms with E-state index in [1.54, 1.807) is 0 Å². The van der Waals surface area contributed by atoms with Crippen LogP contribution in [0.1, 0.15) is 77.5 Å². The summed E-state index contributed by atoms with van der Waals surface area (Å²) in [6, 6.07) is 18.3. The standard InChI is InChI=1S/C29H46OSSi/c1-9-21-29(5,6)32(7,8)30-22-20-25-14-12-24(13-15-25)11-10-23-31-27-18-16-26(17-19-27)28(2,3)4/h12-19H,9-11,20-23H2,1-8H3. The van der Waals surface area contributed by atoms with Crippen LogP contribution in [0.2, 0.25) is 18.1 Å². The first-order chi connectivity index (χ1) is 14.9. The van der Waals surface area contributed by atoms with Gasteiger partial charge in [-0.2, -0.15) is 0 Å². The summed E-state index contributed by atoms with van der Waals surface area (Å²) >= 11 is 1.97. The molecule has 0 saturated carbocycles.